The quantitative estimate of drug-likeness (QED) is 0.741. The Labute approximate surface area is 82.0 Å². The average molecular weight is 200 g/mol. The standard InChI is InChI=1S/C10H13FOS/c1-10(2,12)8-5-4-7(13-3)6-9(8)11/h4-6,12H,1-3H3. The van der Waals surface area contributed by atoms with E-state index in [0.29, 0.717) is 5.56 Å². The summed E-state index contributed by atoms with van der Waals surface area (Å²) in [6.07, 6.45) is 1.89. The summed E-state index contributed by atoms with van der Waals surface area (Å²) < 4.78 is 13.4. The summed E-state index contributed by atoms with van der Waals surface area (Å²) in [5.41, 5.74) is -0.772. The van der Waals surface area contributed by atoms with Gasteiger partial charge in [0.25, 0.3) is 0 Å². The van der Waals surface area contributed by atoms with Gasteiger partial charge >= 0.3 is 0 Å². The Morgan fingerprint density at radius 3 is 2.38 bits per heavy atom. The van der Waals surface area contributed by atoms with Crippen molar-refractivity contribution in [2.24, 2.45) is 0 Å². The normalized spacial score (nSPS) is 11.8. The van der Waals surface area contributed by atoms with Crippen molar-refractivity contribution in [2.75, 3.05) is 6.26 Å². The zero-order valence-corrected chi connectivity index (χ0v) is 8.78. The minimum atomic E-state index is -1.11. The molecule has 1 aromatic rings. The summed E-state index contributed by atoms with van der Waals surface area (Å²) in [6.45, 7) is 3.15. The van der Waals surface area contributed by atoms with Crippen LogP contribution in [0.5, 0.6) is 0 Å². The second kappa shape index (κ2) is 3.68. The van der Waals surface area contributed by atoms with Crippen LogP contribution >= 0.6 is 11.8 Å². The van der Waals surface area contributed by atoms with Crippen LogP contribution in [0.4, 0.5) is 4.39 Å². The highest BCUT2D eigenvalue weighted by Crippen LogP contribution is 2.26. The fourth-order valence-electron chi connectivity index (χ4n) is 1.12. The Balaban J connectivity index is 3.13. The highest BCUT2D eigenvalue weighted by molar-refractivity contribution is 7.98. The maximum absolute atomic E-state index is 13.4. The second-order valence-electron chi connectivity index (χ2n) is 3.40. The van der Waals surface area contributed by atoms with E-state index in [-0.39, 0.29) is 5.82 Å². The molecule has 0 saturated heterocycles. The highest BCUT2D eigenvalue weighted by Gasteiger charge is 2.20. The third-order valence-electron chi connectivity index (χ3n) is 1.84. The van der Waals surface area contributed by atoms with E-state index in [9.17, 15) is 9.50 Å². The third kappa shape index (κ3) is 2.45. The van der Waals surface area contributed by atoms with E-state index < -0.39 is 5.60 Å². The van der Waals surface area contributed by atoms with Gasteiger partial charge in [-0.2, -0.15) is 0 Å². The van der Waals surface area contributed by atoms with Gasteiger partial charge in [0.05, 0.1) is 5.60 Å². The minimum absolute atomic E-state index is 0.338. The molecule has 0 amide bonds. The zero-order valence-electron chi connectivity index (χ0n) is 7.97. The summed E-state index contributed by atoms with van der Waals surface area (Å²) in [7, 11) is 0. The van der Waals surface area contributed by atoms with Crippen molar-refractivity contribution in [3.63, 3.8) is 0 Å². The molecule has 0 aliphatic rings. The molecule has 0 bridgehead atoms. The molecule has 0 aliphatic heterocycles. The van der Waals surface area contributed by atoms with Crippen LogP contribution in [0.2, 0.25) is 0 Å². The summed E-state index contributed by atoms with van der Waals surface area (Å²) in [5, 5.41) is 9.59. The first-order valence-corrected chi connectivity index (χ1v) is 5.24. The van der Waals surface area contributed by atoms with E-state index >= 15 is 0 Å². The van der Waals surface area contributed by atoms with E-state index in [0.717, 1.165) is 4.90 Å². The van der Waals surface area contributed by atoms with Crippen molar-refractivity contribution in [2.45, 2.75) is 24.3 Å². The summed E-state index contributed by atoms with van der Waals surface area (Å²) >= 11 is 1.48. The zero-order chi connectivity index (χ0) is 10.1. The SMILES string of the molecule is CSc1ccc(C(C)(C)O)c(F)c1. The molecule has 72 valence electrons. The fraction of sp³-hybridized carbons (Fsp3) is 0.400. The Bertz CT molecular complexity index is 304. The van der Waals surface area contributed by atoms with Crippen molar-refractivity contribution in [3.8, 4) is 0 Å². The predicted octanol–water partition coefficient (Wildman–Crippen LogP) is 2.78. The van der Waals surface area contributed by atoms with E-state index in [2.05, 4.69) is 0 Å². The molecule has 0 aliphatic carbocycles. The molecule has 1 rings (SSSR count). The van der Waals surface area contributed by atoms with Gasteiger partial charge in [-0.3, -0.25) is 0 Å². The van der Waals surface area contributed by atoms with Gasteiger partial charge in [-0.1, -0.05) is 6.07 Å². The lowest BCUT2D eigenvalue weighted by atomic mass is 9.98. The Morgan fingerprint density at radius 1 is 1.38 bits per heavy atom. The Hall–Kier alpha value is -0.540. The second-order valence-corrected chi connectivity index (χ2v) is 4.28. The third-order valence-corrected chi connectivity index (χ3v) is 2.56. The first-order chi connectivity index (χ1) is 5.95. The van der Waals surface area contributed by atoms with Crippen molar-refractivity contribution < 1.29 is 9.50 Å². The van der Waals surface area contributed by atoms with E-state index in [1.54, 1.807) is 26.0 Å². The van der Waals surface area contributed by atoms with E-state index in [1.165, 1.54) is 17.8 Å². The lowest BCUT2D eigenvalue weighted by Crippen LogP contribution is -2.17. The molecule has 13 heavy (non-hydrogen) atoms. The molecule has 0 spiro atoms. The van der Waals surface area contributed by atoms with E-state index in [1.807, 2.05) is 6.26 Å². The van der Waals surface area contributed by atoms with Gasteiger partial charge in [0.2, 0.25) is 0 Å². The first-order valence-electron chi connectivity index (χ1n) is 4.01. The van der Waals surface area contributed by atoms with Gasteiger partial charge in [0, 0.05) is 10.5 Å². The molecule has 0 unspecified atom stereocenters. The molecule has 0 radical (unpaired) electrons. The monoisotopic (exact) mass is 200 g/mol. The van der Waals surface area contributed by atoms with Crippen LogP contribution in [0.1, 0.15) is 19.4 Å². The van der Waals surface area contributed by atoms with Crippen molar-refractivity contribution in [1.29, 1.82) is 0 Å². The van der Waals surface area contributed by atoms with Gasteiger partial charge < -0.3 is 5.11 Å². The molecule has 1 aromatic carbocycles. The van der Waals surface area contributed by atoms with Gasteiger partial charge in [0.15, 0.2) is 0 Å². The number of rotatable bonds is 2. The summed E-state index contributed by atoms with van der Waals surface area (Å²) in [5.74, 6) is -0.348. The number of hydrogen-bond donors (Lipinski definition) is 1. The van der Waals surface area contributed by atoms with Crippen molar-refractivity contribution in [1.82, 2.24) is 0 Å². The molecular formula is C10H13FOS. The Morgan fingerprint density at radius 2 is 2.00 bits per heavy atom. The largest absolute Gasteiger partial charge is 0.386 e. The smallest absolute Gasteiger partial charge is 0.130 e. The summed E-state index contributed by atoms with van der Waals surface area (Å²) in [4.78, 5) is 0.866. The Kier molecular flexibility index (Phi) is 2.98. The maximum atomic E-state index is 13.4. The molecular weight excluding hydrogens is 187 g/mol. The van der Waals surface area contributed by atoms with Gasteiger partial charge in [-0.15, -0.1) is 11.8 Å². The molecule has 0 heterocycles. The van der Waals surface area contributed by atoms with Crippen LogP contribution in [0.15, 0.2) is 23.1 Å². The topological polar surface area (TPSA) is 20.2 Å². The van der Waals surface area contributed by atoms with Gasteiger partial charge in [-0.05, 0) is 32.2 Å². The molecule has 0 atom stereocenters. The van der Waals surface area contributed by atoms with Crippen molar-refractivity contribution >= 4 is 11.8 Å². The number of aliphatic hydroxyl groups is 1. The lowest BCUT2D eigenvalue weighted by Gasteiger charge is -2.18. The molecule has 1 nitrogen and oxygen atoms in total. The number of thioether (sulfide) groups is 1. The first kappa shape index (κ1) is 10.5. The number of halogens is 1. The fourth-order valence-corrected chi connectivity index (χ4v) is 1.54. The molecule has 0 fully saturated rings. The average Bonchev–Trinajstić information content (AvgIpc) is 2.01. The predicted molar refractivity (Wildman–Crippen MR) is 53.4 cm³/mol. The van der Waals surface area contributed by atoms with Crippen molar-refractivity contribution in [3.05, 3.63) is 29.6 Å². The molecule has 3 heteroatoms. The maximum Gasteiger partial charge on any atom is 0.130 e. The highest BCUT2D eigenvalue weighted by atomic mass is 32.2. The van der Waals surface area contributed by atoms with Crippen LogP contribution in [0.3, 0.4) is 0 Å². The lowest BCUT2D eigenvalue weighted by molar-refractivity contribution is 0.0744. The summed E-state index contributed by atoms with van der Waals surface area (Å²) in [6, 6.07) is 4.88. The van der Waals surface area contributed by atoms with Gasteiger partial charge in [-0.25, -0.2) is 4.39 Å². The molecule has 1 N–H and O–H groups in total. The number of benzene rings is 1. The van der Waals surface area contributed by atoms with Crippen LogP contribution in [-0.2, 0) is 5.60 Å². The molecule has 0 aromatic heterocycles. The van der Waals surface area contributed by atoms with Crippen LogP contribution in [0.25, 0.3) is 0 Å². The minimum Gasteiger partial charge on any atom is -0.386 e. The molecule has 0 saturated carbocycles. The van der Waals surface area contributed by atoms with Crippen LogP contribution < -0.4 is 0 Å². The van der Waals surface area contributed by atoms with Crippen LogP contribution in [-0.4, -0.2) is 11.4 Å². The van der Waals surface area contributed by atoms with Crippen LogP contribution in [0, 0.1) is 5.82 Å². The van der Waals surface area contributed by atoms with E-state index in [4.69, 9.17) is 0 Å². The van der Waals surface area contributed by atoms with Gasteiger partial charge in [0.1, 0.15) is 5.82 Å². The number of hydrogen-bond acceptors (Lipinski definition) is 2.